The molecule has 1 unspecified atom stereocenters. The second-order valence-corrected chi connectivity index (χ2v) is 17.7. The van der Waals surface area contributed by atoms with Gasteiger partial charge in [0.15, 0.2) is 5.82 Å². The first-order valence-corrected chi connectivity index (χ1v) is 23.9. The molecule has 3 N–H and O–H groups in total. The number of benzene rings is 4. The van der Waals surface area contributed by atoms with E-state index in [1.165, 1.54) is 29.2 Å². The Kier molecular flexibility index (Phi) is 16.5. The second-order valence-electron chi connectivity index (χ2n) is 17.3. The molecule has 21 heteroatoms. The van der Waals surface area contributed by atoms with Gasteiger partial charge >= 0.3 is 0 Å². The third-order valence-corrected chi connectivity index (χ3v) is 12.6. The average Bonchev–Trinajstić information content (AvgIpc) is 3.61. The fourth-order valence-electron chi connectivity index (χ4n) is 8.63. The van der Waals surface area contributed by atoms with Gasteiger partial charge in [0.1, 0.15) is 35.5 Å². The van der Waals surface area contributed by atoms with E-state index < -0.39 is 35.5 Å². The molecular weight excluding hydrogens is 955 g/mol. The van der Waals surface area contributed by atoms with Crippen molar-refractivity contribution in [2.75, 3.05) is 103 Å². The summed E-state index contributed by atoms with van der Waals surface area (Å²) in [6, 6.07) is 15.5. The van der Waals surface area contributed by atoms with E-state index in [9.17, 15) is 33.9 Å². The highest BCUT2D eigenvalue weighted by molar-refractivity contribution is 6.35. The van der Waals surface area contributed by atoms with Crippen LogP contribution in [0.5, 0.6) is 11.5 Å². The van der Waals surface area contributed by atoms with Gasteiger partial charge in [-0.1, -0.05) is 41.9 Å². The largest absolute Gasteiger partial charge is 0.508 e. The molecule has 5 aromatic rings. The number of anilines is 2. The smallest absolute Gasteiger partial charge is 0.262 e. The van der Waals surface area contributed by atoms with Crippen LogP contribution >= 0.6 is 11.6 Å². The normalized spacial score (nSPS) is 16.0. The number of aromatic hydroxyl groups is 1. The number of carbonyl (C=O) groups is 6. The maximum atomic E-state index is 16.9. The minimum Gasteiger partial charge on any atom is -0.508 e. The molecule has 378 valence electrons. The van der Waals surface area contributed by atoms with Crippen molar-refractivity contribution >= 4 is 80.5 Å². The number of amides is 6. The molecule has 3 aliphatic rings. The summed E-state index contributed by atoms with van der Waals surface area (Å²) in [6.45, 7) is 3.86. The van der Waals surface area contributed by atoms with E-state index in [2.05, 4.69) is 15.6 Å². The number of ether oxygens (including phenoxy) is 4. The molecule has 1 aromatic heterocycles. The van der Waals surface area contributed by atoms with Crippen molar-refractivity contribution in [3.05, 3.63) is 94.8 Å². The molecule has 2 saturated heterocycles. The Morgan fingerprint density at radius 1 is 0.861 bits per heavy atom. The first-order chi connectivity index (χ1) is 34.8. The van der Waals surface area contributed by atoms with Crippen molar-refractivity contribution in [2.24, 2.45) is 0 Å². The molecule has 4 heterocycles. The van der Waals surface area contributed by atoms with Gasteiger partial charge < -0.3 is 44.1 Å². The number of piperazine rings is 1. The van der Waals surface area contributed by atoms with E-state index in [0.29, 0.717) is 98.9 Å². The Labute approximate surface area is 418 Å². The zero-order valence-corrected chi connectivity index (χ0v) is 40.5. The summed E-state index contributed by atoms with van der Waals surface area (Å²) in [5.74, 6) is -2.39. The van der Waals surface area contributed by atoms with E-state index in [4.69, 9.17) is 35.5 Å². The topological polar surface area (TPSA) is 222 Å². The zero-order chi connectivity index (χ0) is 50.9. The van der Waals surface area contributed by atoms with Crippen molar-refractivity contribution in [3.63, 3.8) is 0 Å². The highest BCUT2D eigenvalue weighted by atomic mass is 35.5. The molecule has 2 fully saturated rings. The van der Waals surface area contributed by atoms with Gasteiger partial charge in [0, 0.05) is 70.6 Å². The van der Waals surface area contributed by atoms with E-state index in [-0.39, 0.29) is 89.8 Å². The van der Waals surface area contributed by atoms with E-state index >= 15 is 4.39 Å². The molecule has 0 saturated carbocycles. The number of nitrogens with one attached hydrogen (secondary N) is 2. The van der Waals surface area contributed by atoms with Gasteiger partial charge in [0.2, 0.25) is 29.6 Å². The first-order valence-electron chi connectivity index (χ1n) is 23.6. The molecule has 0 radical (unpaired) electrons. The molecule has 0 spiro atoms. The van der Waals surface area contributed by atoms with Crippen LogP contribution in [0, 0.1) is 5.82 Å². The number of nitrogens with zero attached hydrogens (tertiary/aromatic N) is 6. The van der Waals surface area contributed by atoms with E-state index in [1.807, 2.05) is 29.2 Å². The minimum atomic E-state index is -1.04. The number of phenols is 1. The van der Waals surface area contributed by atoms with Crippen LogP contribution in [0.1, 0.15) is 46.4 Å². The molecule has 4 aromatic carbocycles. The van der Waals surface area contributed by atoms with Crippen molar-refractivity contribution in [3.8, 4) is 22.6 Å². The molecule has 0 bridgehead atoms. The van der Waals surface area contributed by atoms with Crippen LogP contribution in [0.3, 0.4) is 0 Å². The Balaban J connectivity index is 0.749. The summed E-state index contributed by atoms with van der Waals surface area (Å²) < 4.78 is 39.4. The summed E-state index contributed by atoms with van der Waals surface area (Å²) in [7, 11) is 3.33. The number of carbonyl (C=O) groups excluding carboxylic acids is 6. The van der Waals surface area contributed by atoms with Crippen LogP contribution in [-0.4, -0.2) is 164 Å². The number of phenolic OH excluding ortho intramolecular Hbond substituents is 1. The van der Waals surface area contributed by atoms with Crippen molar-refractivity contribution in [2.45, 2.75) is 31.7 Å². The van der Waals surface area contributed by atoms with Gasteiger partial charge in [0.05, 0.1) is 55.8 Å². The lowest BCUT2D eigenvalue weighted by Crippen LogP contribution is -2.54. The van der Waals surface area contributed by atoms with Crippen LogP contribution in [0.15, 0.2) is 72.8 Å². The fraction of sp³-hybridized carbons (Fsp3) is 0.373. The number of imide groups is 2. The van der Waals surface area contributed by atoms with Gasteiger partial charge in [0.25, 0.3) is 11.8 Å². The molecule has 3 aliphatic heterocycles. The summed E-state index contributed by atoms with van der Waals surface area (Å²) >= 11 is 6.88. The van der Waals surface area contributed by atoms with Gasteiger partial charge in [-0.3, -0.25) is 39.0 Å². The van der Waals surface area contributed by atoms with E-state index in [0.717, 1.165) is 4.90 Å². The van der Waals surface area contributed by atoms with Gasteiger partial charge in [-0.25, -0.2) is 9.37 Å². The van der Waals surface area contributed by atoms with Crippen LogP contribution in [0.4, 0.5) is 16.2 Å². The SMILES string of the molecule is CN(C)C(=O)CCNc1nc(N2CCN(C(=O)/C=C/CCOCCOCCOCCOc3ccc4c(c3)C(=O)N(C3CCC(=O)NC3=O)C4=O)CC2)c2cc(Cl)c(-c3cc(O)cc4ccccc34)c(F)c2n1. The lowest BCUT2D eigenvalue weighted by atomic mass is 9.96. The summed E-state index contributed by atoms with van der Waals surface area (Å²) in [6.07, 6.45) is 4.07. The lowest BCUT2D eigenvalue weighted by Gasteiger charge is -2.35. The van der Waals surface area contributed by atoms with Crippen LogP contribution in [-0.2, 0) is 33.4 Å². The van der Waals surface area contributed by atoms with Gasteiger partial charge in [-0.2, -0.15) is 4.98 Å². The maximum absolute atomic E-state index is 16.9. The fourth-order valence-corrected chi connectivity index (χ4v) is 8.93. The Morgan fingerprint density at radius 2 is 1.57 bits per heavy atom. The molecular formula is C51H54ClFN8O11. The number of hydrogen-bond acceptors (Lipinski definition) is 15. The summed E-state index contributed by atoms with van der Waals surface area (Å²) in [5.41, 5.74) is 0.798. The first kappa shape index (κ1) is 51.1. The van der Waals surface area contributed by atoms with Crippen LogP contribution in [0.2, 0.25) is 5.02 Å². The lowest BCUT2D eigenvalue weighted by molar-refractivity contribution is -0.136. The molecule has 1 atom stereocenters. The Morgan fingerprint density at radius 3 is 2.31 bits per heavy atom. The quantitative estimate of drug-likeness (QED) is 0.0502. The highest BCUT2D eigenvalue weighted by Gasteiger charge is 2.44. The van der Waals surface area contributed by atoms with Crippen LogP contribution < -0.4 is 20.3 Å². The highest BCUT2D eigenvalue weighted by Crippen LogP contribution is 2.42. The predicted molar refractivity (Wildman–Crippen MR) is 265 cm³/mol. The summed E-state index contributed by atoms with van der Waals surface area (Å²) in [4.78, 5) is 90.6. The number of halogens is 2. The Hall–Kier alpha value is -7.26. The summed E-state index contributed by atoms with van der Waals surface area (Å²) in [5, 5.41) is 17.7. The van der Waals surface area contributed by atoms with Crippen molar-refractivity contribution in [1.82, 2.24) is 30.0 Å². The molecule has 0 aliphatic carbocycles. The van der Waals surface area contributed by atoms with Crippen molar-refractivity contribution in [1.29, 1.82) is 0 Å². The monoisotopic (exact) mass is 1010 g/mol. The van der Waals surface area contributed by atoms with Crippen LogP contribution in [0.25, 0.3) is 32.8 Å². The zero-order valence-electron chi connectivity index (χ0n) is 39.8. The molecule has 8 rings (SSSR count). The molecule has 72 heavy (non-hydrogen) atoms. The number of piperidine rings is 1. The van der Waals surface area contributed by atoms with Gasteiger partial charge in [-0.15, -0.1) is 0 Å². The third kappa shape index (κ3) is 11.7. The number of rotatable bonds is 21. The standard InChI is InChI=1S/C51H54ClFN8O11/c1-58(2)42(64)14-15-54-51-56-46-38(30-39(52)44(45(46)53)36-28-32(62)27-31-7-3-4-8-34(31)36)47(57-51)60-18-16-59(17-19-60)43(65)9-5-6-20-69-21-22-70-23-24-71-25-26-72-33-10-11-35-37(29-33)50(68)61(49(35)67)40-12-13-41(63)55-48(40)66/h3-5,7-11,27-30,40,62H,6,12-26H2,1-2H3,(H,54,56,57)(H,55,63,66)/b9-5+. The number of hydrogen-bond donors (Lipinski definition) is 3. The molecule has 6 amide bonds. The second kappa shape index (κ2) is 23.3. The average molecular weight is 1010 g/mol. The molecule has 19 nitrogen and oxygen atoms in total. The minimum absolute atomic E-state index is 0.0106. The third-order valence-electron chi connectivity index (χ3n) is 12.3. The van der Waals surface area contributed by atoms with Crippen molar-refractivity contribution < 1.29 is 57.2 Å². The number of fused-ring (bicyclic) bond motifs is 3. The predicted octanol–water partition coefficient (Wildman–Crippen LogP) is 4.96. The Bertz CT molecular complexity index is 2930. The maximum Gasteiger partial charge on any atom is 0.262 e. The number of aromatic nitrogens is 2. The van der Waals surface area contributed by atoms with Gasteiger partial charge in [-0.05, 0) is 71.7 Å². The van der Waals surface area contributed by atoms with E-state index in [1.54, 1.807) is 43.3 Å².